The standard InChI is InChI=1S/C17H21IN2S/c1-2-8-19-17(13-10-15(18)21-11-13)14-7-3-5-12-6-4-9-20-16(12)14/h4,6,9-11,14,17,19H,2-3,5,7-8H2,1H3. The van der Waals surface area contributed by atoms with Crippen LogP contribution in [0, 0.1) is 2.88 Å². The molecule has 0 spiro atoms. The maximum Gasteiger partial charge on any atom is 0.0656 e. The van der Waals surface area contributed by atoms with Crippen LogP contribution in [0.1, 0.15) is 55.0 Å². The van der Waals surface area contributed by atoms with E-state index in [0.29, 0.717) is 12.0 Å². The van der Waals surface area contributed by atoms with Gasteiger partial charge in [-0.25, -0.2) is 0 Å². The first-order chi connectivity index (χ1) is 10.3. The summed E-state index contributed by atoms with van der Waals surface area (Å²) in [4.78, 5) is 4.72. The molecule has 0 aromatic carbocycles. The van der Waals surface area contributed by atoms with E-state index in [9.17, 15) is 0 Å². The van der Waals surface area contributed by atoms with Crippen molar-refractivity contribution in [2.75, 3.05) is 6.54 Å². The molecule has 0 bridgehead atoms. The average Bonchev–Trinajstić information content (AvgIpc) is 2.94. The van der Waals surface area contributed by atoms with Crippen molar-refractivity contribution in [2.24, 2.45) is 0 Å². The molecule has 0 fully saturated rings. The minimum Gasteiger partial charge on any atom is -0.309 e. The number of halogens is 1. The van der Waals surface area contributed by atoms with Gasteiger partial charge in [0.2, 0.25) is 0 Å². The van der Waals surface area contributed by atoms with Crippen LogP contribution in [0.3, 0.4) is 0 Å². The van der Waals surface area contributed by atoms with Crippen LogP contribution in [0.4, 0.5) is 0 Å². The highest BCUT2D eigenvalue weighted by Crippen LogP contribution is 2.40. The molecule has 2 aromatic rings. The molecule has 2 heterocycles. The summed E-state index contributed by atoms with van der Waals surface area (Å²) in [5, 5.41) is 6.08. The summed E-state index contributed by atoms with van der Waals surface area (Å²) in [6, 6.07) is 7.06. The predicted molar refractivity (Wildman–Crippen MR) is 98.0 cm³/mol. The average molecular weight is 412 g/mol. The van der Waals surface area contributed by atoms with E-state index in [4.69, 9.17) is 4.98 Å². The maximum absolute atomic E-state index is 4.72. The molecule has 2 unspecified atom stereocenters. The van der Waals surface area contributed by atoms with Crippen molar-refractivity contribution in [1.82, 2.24) is 10.3 Å². The van der Waals surface area contributed by atoms with Crippen LogP contribution in [-0.2, 0) is 6.42 Å². The molecule has 2 atom stereocenters. The number of aryl methyl sites for hydroxylation is 1. The number of hydrogen-bond donors (Lipinski definition) is 1. The molecule has 0 saturated heterocycles. The Morgan fingerprint density at radius 3 is 3.19 bits per heavy atom. The van der Waals surface area contributed by atoms with E-state index in [0.717, 1.165) is 6.54 Å². The van der Waals surface area contributed by atoms with E-state index in [1.165, 1.54) is 45.4 Å². The van der Waals surface area contributed by atoms with E-state index in [1.54, 1.807) is 0 Å². The van der Waals surface area contributed by atoms with Crippen molar-refractivity contribution in [3.8, 4) is 0 Å². The zero-order valence-corrected chi connectivity index (χ0v) is 15.3. The lowest BCUT2D eigenvalue weighted by Gasteiger charge is -2.32. The van der Waals surface area contributed by atoms with Crippen LogP contribution in [-0.4, -0.2) is 11.5 Å². The maximum atomic E-state index is 4.72. The Kier molecular flexibility index (Phi) is 5.29. The van der Waals surface area contributed by atoms with E-state index >= 15 is 0 Å². The third-order valence-corrected chi connectivity index (χ3v) is 6.01. The van der Waals surface area contributed by atoms with Gasteiger partial charge in [0.15, 0.2) is 0 Å². The first-order valence-corrected chi connectivity index (χ1v) is 9.66. The number of fused-ring (bicyclic) bond motifs is 1. The Hall–Kier alpha value is -0.460. The second kappa shape index (κ2) is 7.20. The molecule has 3 rings (SSSR count). The lowest BCUT2D eigenvalue weighted by atomic mass is 9.80. The first-order valence-electron chi connectivity index (χ1n) is 7.70. The summed E-state index contributed by atoms with van der Waals surface area (Å²) in [6.07, 6.45) is 6.80. The molecule has 0 radical (unpaired) electrons. The van der Waals surface area contributed by atoms with Gasteiger partial charge in [0.05, 0.1) is 2.88 Å². The first kappa shape index (κ1) is 15.4. The smallest absolute Gasteiger partial charge is 0.0656 e. The molecule has 112 valence electrons. The number of rotatable bonds is 5. The van der Waals surface area contributed by atoms with Crippen LogP contribution >= 0.6 is 33.9 Å². The Morgan fingerprint density at radius 1 is 1.52 bits per heavy atom. The Morgan fingerprint density at radius 2 is 2.43 bits per heavy atom. The molecular formula is C17H21IN2S. The fourth-order valence-electron chi connectivity index (χ4n) is 3.25. The van der Waals surface area contributed by atoms with E-state index < -0.39 is 0 Å². The van der Waals surface area contributed by atoms with Gasteiger partial charge in [-0.1, -0.05) is 13.0 Å². The van der Waals surface area contributed by atoms with Crippen molar-refractivity contribution in [2.45, 2.75) is 44.6 Å². The lowest BCUT2D eigenvalue weighted by molar-refractivity contribution is 0.395. The van der Waals surface area contributed by atoms with Gasteiger partial charge in [-0.15, -0.1) is 11.3 Å². The summed E-state index contributed by atoms with van der Waals surface area (Å²) in [6.45, 7) is 3.30. The zero-order chi connectivity index (χ0) is 14.7. The van der Waals surface area contributed by atoms with Crippen LogP contribution in [0.15, 0.2) is 29.8 Å². The molecule has 0 amide bonds. The van der Waals surface area contributed by atoms with Gasteiger partial charge in [-0.2, -0.15) is 0 Å². The van der Waals surface area contributed by atoms with Gasteiger partial charge >= 0.3 is 0 Å². The minimum atomic E-state index is 0.402. The largest absolute Gasteiger partial charge is 0.309 e. The fraction of sp³-hybridized carbons (Fsp3) is 0.471. The van der Waals surface area contributed by atoms with Crippen molar-refractivity contribution in [3.05, 3.63) is 49.5 Å². The minimum absolute atomic E-state index is 0.402. The number of pyridine rings is 1. The van der Waals surface area contributed by atoms with Crippen molar-refractivity contribution < 1.29 is 0 Å². The number of nitrogens with one attached hydrogen (secondary N) is 1. The van der Waals surface area contributed by atoms with Crippen molar-refractivity contribution in [1.29, 1.82) is 0 Å². The third kappa shape index (κ3) is 3.48. The van der Waals surface area contributed by atoms with Gasteiger partial charge in [-0.05, 0) is 83.5 Å². The summed E-state index contributed by atoms with van der Waals surface area (Å²) in [7, 11) is 0. The van der Waals surface area contributed by atoms with Crippen LogP contribution in [0.25, 0.3) is 0 Å². The van der Waals surface area contributed by atoms with Crippen LogP contribution in [0.2, 0.25) is 0 Å². The summed E-state index contributed by atoms with van der Waals surface area (Å²) < 4.78 is 1.36. The van der Waals surface area contributed by atoms with Crippen LogP contribution < -0.4 is 5.32 Å². The van der Waals surface area contributed by atoms with Crippen LogP contribution in [0.5, 0.6) is 0 Å². The molecule has 21 heavy (non-hydrogen) atoms. The van der Waals surface area contributed by atoms with Gasteiger partial charge in [0.25, 0.3) is 0 Å². The van der Waals surface area contributed by atoms with Gasteiger partial charge in [-0.3, -0.25) is 4.98 Å². The summed E-state index contributed by atoms with van der Waals surface area (Å²) in [5.41, 5.74) is 4.20. The highest BCUT2D eigenvalue weighted by atomic mass is 127. The molecule has 2 nitrogen and oxygen atoms in total. The number of thiophene rings is 1. The fourth-order valence-corrected chi connectivity index (χ4v) is 4.66. The van der Waals surface area contributed by atoms with Crippen molar-refractivity contribution >= 4 is 33.9 Å². The second-order valence-electron chi connectivity index (χ2n) is 5.66. The molecule has 1 N–H and O–H groups in total. The number of aromatic nitrogens is 1. The topological polar surface area (TPSA) is 24.9 Å². The molecule has 0 aliphatic heterocycles. The van der Waals surface area contributed by atoms with Crippen molar-refractivity contribution in [3.63, 3.8) is 0 Å². The lowest BCUT2D eigenvalue weighted by Crippen LogP contribution is -2.30. The highest BCUT2D eigenvalue weighted by Gasteiger charge is 2.30. The zero-order valence-electron chi connectivity index (χ0n) is 12.3. The molecular weight excluding hydrogens is 391 g/mol. The summed E-state index contributed by atoms with van der Waals surface area (Å²) in [5.74, 6) is 0.506. The number of nitrogens with zero attached hydrogens (tertiary/aromatic N) is 1. The molecule has 4 heteroatoms. The Balaban J connectivity index is 1.93. The SMILES string of the molecule is CCCNC(c1csc(I)c1)C1CCCc2cccnc21. The quantitative estimate of drug-likeness (QED) is 0.706. The summed E-state index contributed by atoms with van der Waals surface area (Å²) >= 11 is 4.26. The predicted octanol–water partition coefficient (Wildman–Crippen LogP) is 4.91. The molecule has 0 saturated carbocycles. The monoisotopic (exact) mass is 412 g/mol. The Labute approximate surface area is 144 Å². The van der Waals surface area contributed by atoms with E-state index in [-0.39, 0.29) is 0 Å². The number of hydrogen-bond acceptors (Lipinski definition) is 3. The highest BCUT2D eigenvalue weighted by molar-refractivity contribution is 14.1. The molecule has 1 aliphatic rings. The van der Waals surface area contributed by atoms with E-state index in [1.807, 2.05) is 17.5 Å². The second-order valence-corrected chi connectivity index (χ2v) is 8.47. The molecule has 1 aliphatic carbocycles. The van der Waals surface area contributed by atoms with Gasteiger partial charge in [0.1, 0.15) is 0 Å². The normalized spacial score (nSPS) is 19.2. The Bertz CT molecular complexity index is 596. The van der Waals surface area contributed by atoms with E-state index in [2.05, 4.69) is 58.4 Å². The molecule has 2 aromatic heterocycles. The third-order valence-electron chi connectivity index (χ3n) is 4.20. The van der Waals surface area contributed by atoms with Gasteiger partial charge in [0, 0.05) is 23.9 Å². The van der Waals surface area contributed by atoms with Gasteiger partial charge < -0.3 is 5.32 Å².